The molecule has 1 unspecified atom stereocenters. The number of thiophene rings is 2. The highest BCUT2D eigenvalue weighted by Gasteiger charge is 2.21. The number of amides is 1. The molecule has 2 N–H and O–H groups in total. The summed E-state index contributed by atoms with van der Waals surface area (Å²) in [6.07, 6.45) is -0.776. The van der Waals surface area contributed by atoms with Crippen LogP contribution in [0, 0.1) is 0 Å². The number of rotatable bonds is 10. The highest BCUT2D eigenvalue weighted by atomic mass is 32.2. The van der Waals surface area contributed by atoms with E-state index in [0.29, 0.717) is 33.8 Å². The van der Waals surface area contributed by atoms with Crippen LogP contribution in [0.2, 0.25) is 0 Å². The second-order valence-corrected chi connectivity index (χ2v) is 10.3. The molecule has 3 heterocycles. The van der Waals surface area contributed by atoms with Crippen LogP contribution < -0.4 is 10.9 Å². The average molecular weight is 530 g/mol. The smallest absolute Gasteiger partial charge is 0.339 e. The maximum Gasteiger partial charge on any atom is 0.339 e. The summed E-state index contributed by atoms with van der Waals surface area (Å²) < 4.78 is 10.6. The van der Waals surface area contributed by atoms with Crippen LogP contribution in [0.4, 0.5) is 0 Å². The number of nitrogens with zero attached hydrogens (tertiary/aromatic N) is 1. The van der Waals surface area contributed by atoms with Gasteiger partial charge in [0.1, 0.15) is 4.83 Å². The molecule has 0 fully saturated rings. The molecule has 4 aromatic rings. The van der Waals surface area contributed by atoms with Crippen molar-refractivity contribution in [2.24, 2.45) is 0 Å². The highest BCUT2D eigenvalue weighted by molar-refractivity contribution is 8.00. The number of hydrogen-bond donors (Lipinski definition) is 2. The van der Waals surface area contributed by atoms with Crippen molar-refractivity contribution < 1.29 is 19.1 Å². The van der Waals surface area contributed by atoms with Crippen molar-refractivity contribution in [3.63, 3.8) is 0 Å². The third-order valence-corrected chi connectivity index (χ3v) is 7.86. The molecule has 0 saturated carbocycles. The maximum absolute atomic E-state index is 12.9. The largest absolute Gasteiger partial charge is 0.451 e. The van der Waals surface area contributed by atoms with Crippen LogP contribution in [-0.2, 0) is 14.3 Å². The Morgan fingerprint density at radius 1 is 1.20 bits per heavy atom. The van der Waals surface area contributed by atoms with Crippen molar-refractivity contribution in [2.45, 2.75) is 17.9 Å². The predicted octanol–water partition coefficient (Wildman–Crippen LogP) is 4.49. The molecule has 0 aliphatic rings. The lowest BCUT2D eigenvalue weighted by molar-refractivity contribution is -0.118. The van der Waals surface area contributed by atoms with Gasteiger partial charge < -0.3 is 19.8 Å². The fraction of sp³-hybridized carbons (Fsp3) is 0.250. The molecule has 0 radical (unpaired) electrons. The molecular formula is C24H23N3O5S3. The molecule has 11 heteroatoms. The van der Waals surface area contributed by atoms with E-state index >= 15 is 0 Å². The van der Waals surface area contributed by atoms with Gasteiger partial charge in [-0.05, 0) is 30.5 Å². The third kappa shape index (κ3) is 5.99. The lowest BCUT2D eigenvalue weighted by Gasteiger charge is -2.14. The fourth-order valence-corrected chi connectivity index (χ4v) is 5.94. The zero-order valence-electron chi connectivity index (χ0n) is 19.0. The first-order valence-electron chi connectivity index (χ1n) is 10.7. The molecule has 0 aliphatic carbocycles. The van der Waals surface area contributed by atoms with E-state index in [2.05, 4.69) is 15.3 Å². The summed E-state index contributed by atoms with van der Waals surface area (Å²) in [5.41, 5.74) is 0.920. The van der Waals surface area contributed by atoms with Gasteiger partial charge in [-0.25, -0.2) is 9.78 Å². The molecular weight excluding hydrogens is 506 g/mol. The second-order valence-electron chi connectivity index (χ2n) is 7.43. The summed E-state index contributed by atoms with van der Waals surface area (Å²) in [5.74, 6) is -0.289. The van der Waals surface area contributed by atoms with Gasteiger partial charge in [-0.1, -0.05) is 18.2 Å². The summed E-state index contributed by atoms with van der Waals surface area (Å²) in [5, 5.41) is 7.15. The Morgan fingerprint density at radius 2 is 2.03 bits per heavy atom. The Balaban J connectivity index is 1.47. The molecule has 0 spiro atoms. The number of carbonyl (C=O) groups is 2. The van der Waals surface area contributed by atoms with Crippen molar-refractivity contribution >= 4 is 56.5 Å². The summed E-state index contributed by atoms with van der Waals surface area (Å²) in [6, 6.07) is 10.8. The van der Waals surface area contributed by atoms with E-state index in [-0.39, 0.29) is 23.0 Å². The monoisotopic (exact) mass is 529 g/mol. The lowest BCUT2D eigenvalue weighted by Crippen LogP contribution is -2.28. The highest BCUT2D eigenvalue weighted by Crippen LogP contribution is 2.34. The quantitative estimate of drug-likeness (QED) is 0.177. The molecule has 3 aromatic heterocycles. The van der Waals surface area contributed by atoms with Gasteiger partial charge in [0.2, 0.25) is 5.91 Å². The lowest BCUT2D eigenvalue weighted by atomic mass is 10.2. The molecule has 35 heavy (non-hydrogen) atoms. The minimum absolute atomic E-state index is 0.153. The van der Waals surface area contributed by atoms with E-state index < -0.39 is 12.1 Å². The van der Waals surface area contributed by atoms with E-state index in [9.17, 15) is 14.4 Å². The summed E-state index contributed by atoms with van der Waals surface area (Å²) in [4.78, 5) is 47.4. The minimum Gasteiger partial charge on any atom is -0.451 e. The number of aromatic amines is 1. The van der Waals surface area contributed by atoms with Crippen LogP contribution in [0.15, 0.2) is 56.8 Å². The predicted molar refractivity (Wildman–Crippen MR) is 139 cm³/mol. The van der Waals surface area contributed by atoms with Gasteiger partial charge in [-0.2, -0.15) is 0 Å². The van der Waals surface area contributed by atoms with Crippen LogP contribution in [0.25, 0.3) is 20.7 Å². The zero-order valence-corrected chi connectivity index (χ0v) is 21.5. The SMILES string of the molecule is COCCNC(=O)CSc1ccccc1C(=O)OC(C)c1nc2scc(-c3cccs3)c2c(=O)[nH]1. The van der Waals surface area contributed by atoms with E-state index in [4.69, 9.17) is 9.47 Å². The summed E-state index contributed by atoms with van der Waals surface area (Å²) in [6.45, 7) is 2.51. The number of benzene rings is 1. The first kappa shape index (κ1) is 25.1. The number of hydrogen-bond acceptors (Lipinski definition) is 9. The van der Waals surface area contributed by atoms with Crippen LogP contribution >= 0.6 is 34.4 Å². The van der Waals surface area contributed by atoms with Gasteiger partial charge in [0.15, 0.2) is 11.9 Å². The molecule has 8 nitrogen and oxygen atoms in total. The van der Waals surface area contributed by atoms with Crippen LogP contribution in [0.1, 0.15) is 29.2 Å². The number of fused-ring (bicyclic) bond motifs is 1. The first-order chi connectivity index (χ1) is 17.0. The van der Waals surface area contributed by atoms with E-state index in [1.165, 1.54) is 23.1 Å². The Morgan fingerprint density at radius 3 is 2.80 bits per heavy atom. The Bertz CT molecular complexity index is 1380. The van der Waals surface area contributed by atoms with E-state index in [0.717, 1.165) is 10.4 Å². The molecule has 0 saturated heterocycles. The van der Waals surface area contributed by atoms with Gasteiger partial charge in [-0.15, -0.1) is 34.4 Å². The van der Waals surface area contributed by atoms with Gasteiger partial charge in [-0.3, -0.25) is 9.59 Å². The molecule has 0 bridgehead atoms. The number of thioether (sulfide) groups is 1. The van der Waals surface area contributed by atoms with Gasteiger partial charge >= 0.3 is 5.97 Å². The number of aromatic nitrogens is 2. The molecule has 0 aliphatic heterocycles. The molecule has 4 rings (SSSR count). The van der Waals surface area contributed by atoms with Crippen molar-refractivity contribution in [2.75, 3.05) is 26.0 Å². The van der Waals surface area contributed by atoms with Crippen molar-refractivity contribution in [1.82, 2.24) is 15.3 Å². The summed E-state index contributed by atoms with van der Waals surface area (Å²) in [7, 11) is 1.57. The maximum atomic E-state index is 12.9. The fourth-order valence-electron chi connectivity index (χ4n) is 3.30. The summed E-state index contributed by atoms with van der Waals surface area (Å²) >= 11 is 4.18. The van der Waals surface area contributed by atoms with Gasteiger partial charge in [0.25, 0.3) is 5.56 Å². The second kappa shape index (κ2) is 11.6. The van der Waals surface area contributed by atoms with E-state index in [1.807, 2.05) is 22.9 Å². The van der Waals surface area contributed by atoms with Crippen LogP contribution in [-0.4, -0.2) is 47.9 Å². The number of esters is 1. The number of carbonyl (C=O) groups excluding carboxylic acids is 2. The normalized spacial score (nSPS) is 11.9. The van der Waals surface area contributed by atoms with Crippen LogP contribution in [0.5, 0.6) is 0 Å². The van der Waals surface area contributed by atoms with Crippen molar-refractivity contribution in [3.05, 3.63) is 68.9 Å². The third-order valence-electron chi connectivity index (χ3n) is 5.01. The van der Waals surface area contributed by atoms with Gasteiger partial charge in [0.05, 0.1) is 23.3 Å². The molecule has 1 amide bonds. The topological polar surface area (TPSA) is 110 Å². The average Bonchev–Trinajstić information content (AvgIpc) is 3.53. The van der Waals surface area contributed by atoms with Crippen molar-refractivity contribution in [1.29, 1.82) is 0 Å². The number of nitrogens with one attached hydrogen (secondary N) is 2. The van der Waals surface area contributed by atoms with E-state index in [1.54, 1.807) is 49.6 Å². The number of H-pyrrole nitrogens is 1. The standard InChI is InChI=1S/C24H23N3O5S3/c1-14(21-26-22(29)20-16(12-35-23(20)27-21)18-8-5-11-33-18)32-24(30)15-6-3-4-7-17(15)34-13-19(28)25-9-10-31-2/h3-8,11-12,14H,9-10,13H2,1-2H3,(H,25,28)(H,26,27,29). The molecule has 182 valence electrons. The zero-order chi connectivity index (χ0) is 24.8. The molecule has 1 aromatic carbocycles. The van der Waals surface area contributed by atoms with Crippen molar-refractivity contribution in [3.8, 4) is 10.4 Å². The molecule has 1 atom stereocenters. The van der Waals surface area contributed by atoms with Gasteiger partial charge in [0, 0.05) is 34.4 Å². The van der Waals surface area contributed by atoms with Crippen LogP contribution in [0.3, 0.4) is 0 Å². The minimum atomic E-state index is -0.776. The number of methoxy groups -OCH3 is 1. The Kier molecular flexibility index (Phi) is 8.34. The first-order valence-corrected chi connectivity index (χ1v) is 13.5. The Hall–Kier alpha value is -2.99. The Labute approximate surface area is 213 Å². The number of ether oxygens (including phenoxy) is 2.